The molecule has 8 aromatic rings. The van der Waals surface area contributed by atoms with Crippen molar-refractivity contribution in [2.45, 2.75) is 181 Å². The first-order chi connectivity index (χ1) is 49.0. The number of carbonyl (C=O) groups is 3. The lowest BCUT2D eigenvalue weighted by molar-refractivity contribution is 0.0516. The summed E-state index contributed by atoms with van der Waals surface area (Å²) in [6, 6.07) is 54.5. The molecule has 0 atom stereocenters. The fourth-order valence-electron chi connectivity index (χ4n) is 10.3. The van der Waals surface area contributed by atoms with Gasteiger partial charge in [0.15, 0.2) is 5.78 Å². The summed E-state index contributed by atoms with van der Waals surface area (Å²) in [5, 5.41) is 1.35. The zero-order valence-corrected chi connectivity index (χ0v) is 70.0. The van der Waals surface area contributed by atoms with E-state index in [1.807, 2.05) is 107 Å². The quantitative estimate of drug-likeness (QED) is 0.0218. The fourth-order valence-corrected chi connectivity index (χ4v) is 18.2. The summed E-state index contributed by atoms with van der Waals surface area (Å²) in [6.07, 6.45) is 17.6. The lowest BCUT2D eigenvalue weighted by Gasteiger charge is -2.32. The average Bonchev–Trinajstić information content (AvgIpc) is 0.807. The predicted octanol–water partition coefficient (Wildman–Crippen LogP) is 25.0. The van der Waals surface area contributed by atoms with Gasteiger partial charge in [0, 0.05) is 69.5 Å². The number of ketones is 1. The number of thioether (sulfide) groups is 5. The minimum Gasteiger partial charge on any atom is -0.462 e. The number of benzene rings is 6. The molecule has 0 spiro atoms. The molecule has 0 bridgehead atoms. The van der Waals surface area contributed by atoms with Gasteiger partial charge in [-0.2, -0.15) is 0 Å². The van der Waals surface area contributed by atoms with E-state index in [1.165, 1.54) is 119 Å². The number of allylic oxidation sites excluding steroid dienone is 3. The van der Waals surface area contributed by atoms with E-state index in [1.54, 1.807) is 45.0 Å². The van der Waals surface area contributed by atoms with Crippen LogP contribution in [0.1, 0.15) is 200 Å². The van der Waals surface area contributed by atoms with Crippen LogP contribution in [0.3, 0.4) is 0 Å². The van der Waals surface area contributed by atoms with Crippen LogP contribution in [-0.2, 0) is 31.1 Å². The third kappa shape index (κ3) is 30.6. The molecule has 0 unspecified atom stereocenters. The molecule has 0 amide bonds. The van der Waals surface area contributed by atoms with Crippen LogP contribution in [0.15, 0.2) is 229 Å². The van der Waals surface area contributed by atoms with Crippen molar-refractivity contribution in [1.82, 2.24) is 9.97 Å². The lowest BCUT2D eigenvalue weighted by atomic mass is 9.81. The number of nitrogens with zero attached hydrogens (tertiary/aromatic N) is 2. The molecule has 0 N–H and O–H groups in total. The summed E-state index contributed by atoms with van der Waals surface area (Å²) in [5.41, 5.74) is 13.8. The van der Waals surface area contributed by atoms with E-state index >= 15 is 0 Å². The van der Waals surface area contributed by atoms with Crippen LogP contribution in [0.4, 0.5) is 0 Å². The van der Waals surface area contributed by atoms with Gasteiger partial charge in [-0.15, -0.1) is 77.9 Å². The number of terminal acetylenes is 1. The summed E-state index contributed by atoms with van der Waals surface area (Å²) in [5.74, 6) is 14.3. The number of rotatable bonds is 9. The molecule has 15 heteroatoms. The molecular formula is C88H102BrClN2O5S6. The van der Waals surface area contributed by atoms with Crippen LogP contribution in [0.5, 0.6) is 0 Å². The van der Waals surface area contributed by atoms with Crippen molar-refractivity contribution in [2.75, 3.05) is 47.3 Å². The van der Waals surface area contributed by atoms with Crippen LogP contribution in [0, 0.1) is 24.2 Å². The number of halogens is 2. The second-order valence-corrected chi connectivity index (χ2v) is 34.6. The Balaban J connectivity index is 0.000000219. The molecule has 103 heavy (non-hydrogen) atoms. The first-order valence-corrected chi connectivity index (χ1v) is 41.6. The van der Waals surface area contributed by atoms with Crippen molar-refractivity contribution >= 4 is 117 Å². The van der Waals surface area contributed by atoms with E-state index in [2.05, 4.69) is 243 Å². The topological polar surface area (TPSA) is 95.5 Å². The van der Waals surface area contributed by atoms with Crippen molar-refractivity contribution in [2.24, 2.45) is 0 Å². The lowest BCUT2D eigenvalue weighted by Crippen LogP contribution is -2.23. The SMILES string of the molecule is C#Cc1ccc2c(c1)C(C)(C)CCS2.CC(=O)c1ccc2c(c1)C(C)(C)CCS2.CC(C)=CCBr.CC(C)=CCSc1ccccc1.CC1(C)CCSc2ccccc21.CCOC(=O)c1ccc(C#Cc2ccc3c(c2)C(C)(C)CCS3)nc1.CCOC(=O)c1ccc(Cl)nc1.Sc1ccccc1. The third-order valence-electron chi connectivity index (χ3n) is 16.8. The second-order valence-electron chi connectivity index (χ2n) is 27.4. The molecule has 6 heterocycles. The Morgan fingerprint density at radius 1 is 0.524 bits per heavy atom. The first-order valence-electron chi connectivity index (χ1n) is 34.7. The van der Waals surface area contributed by atoms with Crippen LogP contribution < -0.4 is 0 Å². The van der Waals surface area contributed by atoms with Crippen LogP contribution >= 0.6 is 99.0 Å². The molecule has 0 radical (unpaired) electrons. The monoisotopic (exact) mass is 1570 g/mol. The van der Waals surface area contributed by atoms with Crippen LogP contribution in [-0.4, -0.2) is 75.0 Å². The van der Waals surface area contributed by atoms with E-state index in [9.17, 15) is 14.4 Å². The van der Waals surface area contributed by atoms with Crippen LogP contribution in [0.2, 0.25) is 5.15 Å². The molecule has 12 rings (SSSR count). The number of Topliss-reactive ketones (excluding diaryl/α,β-unsaturated/α-hetero) is 1. The summed E-state index contributed by atoms with van der Waals surface area (Å²) >= 11 is 22.5. The highest BCUT2D eigenvalue weighted by Gasteiger charge is 2.31. The van der Waals surface area contributed by atoms with Gasteiger partial charge in [0.25, 0.3) is 0 Å². The predicted molar refractivity (Wildman–Crippen MR) is 452 cm³/mol. The number of esters is 2. The average molecular weight is 1580 g/mol. The molecule has 0 saturated carbocycles. The number of aromatic nitrogens is 2. The number of ether oxygens (including phenoxy) is 2. The Morgan fingerprint density at radius 2 is 0.951 bits per heavy atom. The van der Waals surface area contributed by atoms with E-state index < -0.39 is 0 Å². The highest BCUT2D eigenvalue weighted by atomic mass is 79.9. The maximum absolute atomic E-state index is 11.6. The maximum Gasteiger partial charge on any atom is 0.339 e. The zero-order valence-electron chi connectivity index (χ0n) is 62.6. The number of fused-ring (bicyclic) bond motifs is 4. The number of hydrogen-bond acceptors (Lipinski definition) is 13. The van der Waals surface area contributed by atoms with Gasteiger partial charge in [0.1, 0.15) is 10.8 Å². The Kier molecular flexibility index (Phi) is 37.8. The molecule has 0 saturated heterocycles. The molecule has 0 fully saturated rings. The highest BCUT2D eigenvalue weighted by Crippen LogP contribution is 2.45. The number of carbonyl (C=O) groups excluding carboxylic acids is 3. The van der Waals surface area contributed by atoms with Gasteiger partial charge in [-0.1, -0.05) is 179 Å². The Bertz CT molecular complexity index is 4170. The fraction of sp³-hybridized carbons (Fsp3) is 0.352. The largest absolute Gasteiger partial charge is 0.462 e. The number of thiol groups is 1. The summed E-state index contributed by atoms with van der Waals surface area (Å²) in [7, 11) is 0. The van der Waals surface area contributed by atoms with Crippen LogP contribution in [0.25, 0.3) is 0 Å². The third-order valence-corrected chi connectivity index (χ3v) is 22.9. The van der Waals surface area contributed by atoms with Gasteiger partial charge in [0.2, 0.25) is 0 Å². The Hall–Kier alpha value is -6.30. The number of alkyl halides is 1. The zero-order chi connectivity index (χ0) is 75.6. The van der Waals surface area contributed by atoms with Gasteiger partial charge in [-0.3, -0.25) is 4.79 Å². The molecule has 544 valence electrons. The molecule has 6 aromatic carbocycles. The van der Waals surface area contributed by atoms with Crippen molar-refractivity contribution in [3.05, 3.63) is 260 Å². The standard InChI is InChI=1S/C21H21NO2S.C13H16OS.C13H14S.2C11H14S.C8H8ClNO2.C6H6S.C5H9Br/c1-4-24-20(23)16-7-9-17(22-14-16)8-5-15-6-10-19-18(13-15)21(2,3)11-12-25-19;1-9(14)10-4-5-12-11(8-10)13(2,3)6-7-15-12;1-4-10-5-6-12-11(9-10)13(2,3)7-8-14-12;1-11(2)7-8-12-10-6-4-3-5-9(10)11;1-10(2)8-9-12-11-6-4-3-5-7-11;1-2-12-8(11)6-3-4-7(9)10-5-6;7-6-4-2-1-3-5-6;1-5(2)3-4-6/h6-7,9-10,13-14H,4,11-12H2,1-3H3;4-5,8H,6-7H2,1-3H3;1,5-6,9H,7-8H2,2-3H3;3-6H,7-8H2,1-2H3;3-8H,9H2,1-2H3;3-5H,2H2,1H3;1-5,7H;3H,4H2,1-2H3. The number of pyridine rings is 2. The summed E-state index contributed by atoms with van der Waals surface area (Å²) < 4.78 is 9.70. The maximum atomic E-state index is 11.6. The van der Waals surface area contributed by atoms with E-state index in [0.717, 1.165) is 32.7 Å². The number of hydrogen-bond donors (Lipinski definition) is 1. The summed E-state index contributed by atoms with van der Waals surface area (Å²) in [4.78, 5) is 49.9. The van der Waals surface area contributed by atoms with E-state index in [-0.39, 0.29) is 34.0 Å². The van der Waals surface area contributed by atoms with Crippen molar-refractivity contribution in [3.63, 3.8) is 0 Å². The van der Waals surface area contributed by atoms with Gasteiger partial charge < -0.3 is 9.47 Å². The normalized spacial score (nSPS) is 14.4. The van der Waals surface area contributed by atoms with Gasteiger partial charge in [-0.05, 0) is 250 Å². The second kappa shape index (κ2) is 44.6. The highest BCUT2D eigenvalue weighted by molar-refractivity contribution is 9.09. The summed E-state index contributed by atoms with van der Waals surface area (Å²) in [6.45, 7) is 32.7. The molecular weight excluding hydrogens is 1470 g/mol. The van der Waals surface area contributed by atoms with E-state index in [4.69, 9.17) is 27.5 Å². The molecule has 4 aliphatic heterocycles. The van der Waals surface area contributed by atoms with Crippen molar-refractivity contribution in [1.29, 1.82) is 0 Å². The van der Waals surface area contributed by atoms with Crippen molar-refractivity contribution in [3.8, 4) is 24.2 Å². The van der Waals surface area contributed by atoms with E-state index in [0.29, 0.717) is 40.6 Å². The van der Waals surface area contributed by atoms with Gasteiger partial charge in [-0.25, -0.2) is 19.6 Å². The minimum absolute atomic E-state index is 0.157. The van der Waals surface area contributed by atoms with Crippen molar-refractivity contribution < 1.29 is 23.9 Å². The Labute approximate surface area is 657 Å². The molecule has 0 aliphatic carbocycles. The molecule has 7 nitrogen and oxygen atoms in total. The van der Waals surface area contributed by atoms with Gasteiger partial charge in [0.05, 0.1) is 24.3 Å². The first kappa shape index (κ1) is 87.3. The molecule has 2 aromatic heterocycles. The van der Waals surface area contributed by atoms with Gasteiger partial charge >= 0.3 is 11.9 Å². The minimum atomic E-state index is -0.373. The Morgan fingerprint density at radius 3 is 1.37 bits per heavy atom. The smallest absolute Gasteiger partial charge is 0.339 e. The molecule has 4 aliphatic rings.